The van der Waals surface area contributed by atoms with Crippen LogP contribution in [0.25, 0.3) is 0 Å². The summed E-state index contributed by atoms with van der Waals surface area (Å²) >= 11 is 0. The topological polar surface area (TPSA) is 53.5 Å². The third-order valence-electron chi connectivity index (χ3n) is 5.30. The smallest absolute Gasteiger partial charge is 0.211 e. The summed E-state index contributed by atoms with van der Waals surface area (Å²) in [5.41, 5.74) is 1.36. The SMILES string of the molecule is CS(=O)(=O)N1CCC(N2CCC[C@@H]2CCc2ccncc2)CC1. The van der Waals surface area contributed by atoms with E-state index in [-0.39, 0.29) is 0 Å². The molecular formula is C17H27N3O2S. The molecule has 0 aromatic carbocycles. The lowest BCUT2D eigenvalue weighted by Gasteiger charge is -2.38. The molecule has 3 rings (SSSR count). The lowest BCUT2D eigenvalue weighted by atomic mass is 10.00. The van der Waals surface area contributed by atoms with E-state index in [1.54, 1.807) is 4.31 Å². The van der Waals surface area contributed by atoms with Gasteiger partial charge in [-0.2, -0.15) is 0 Å². The second-order valence-electron chi connectivity index (χ2n) is 6.82. The Bertz CT molecular complexity index is 598. The molecule has 0 aliphatic carbocycles. The fourth-order valence-corrected chi connectivity index (χ4v) is 4.91. The molecule has 0 unspecified atom stereocenters. The molecule has 0 amide bonds. The number of hydrogen-bond acceptors (Lipinski definition) is 4. The molecule has 0 N–H and O–H groups in total. The van der Waals surface area contributed by atoms with Gasteiger partial charge >= 0.3 is 0 Å². The number of likely N-dealkylation sites (tertiary alicyclic amines) is 1. The van der Waals surface area contributed by atoms with Crippen LogP contribution < -0.4 is 0 Å². The number of aromatic nitrogens is 1. The van der Waals surface area contributed by atoms with Crippen molar-refractivity contribution in [2.24, 2.45) is 0 Å². The number of nitrogens with zero attached hydrogens (tertiary/aromatic N) is 3. The lowest BCUT2D eigenvalue weighted by molar-refractivity contribution is 0.123. The highest BCUT2D eigenvalue weighted by Gasteiger charge is 2.34. The molecule has 1 atom stereocenters. The van der Waals surface area contributed by atoms with Gasteiger partial charge < -0.3 is 0 Å². The second kappa shape index (κ2) is 7.28. The van der Waals surface area contributed by atoms with Gasteiger partial charge in [-0.3, -0.25) is 9.88 Å². The van der Waals surface area contributed by atoms with Gasteiger partial charge in [0, 0.05) is 37.6 Å². The molecule has 128 valence electrons. The summed E-state index contributed by atoms with van der Waals surface area (Å²) in [6, 6.07) is 5.41. The highest BCUT2D eigenvalue weighted by atomic mass is 32.2. The minimum absolute atomic E-state index is 0.554. The maximum absolute atomic E-state index is 11.6. The largest absolute Gasteiger partial charge is 0.297 e. The van der Waals surface area contributed by atoms with Crippen LogP contribution in [0.3, 0.4) is 0 Å². The quantitative estimate of drug-likeness (QED) is 0.823. The Morgan fingerprint density at radius 2 is 1.83 bits per heavy atom. The zero-order valence-electron chi connectivity index (χ0n) is 13.9. The standard InChI is InChI=1S/C17H27N3O2S/c1-23(21,22)19-13-8-17(9-14-19)20-12-2-3-16(20)5-4-15-6-10-18-11-7-15/h6-7,10-11,16-17H,2-5,8-9,12-14H2,1H3/t16-/m1/s1. The molecule has 2 aliphatic heterocycles. The van der Waals surface area contributed by atoms with Crippen LogP contribution in [0.4, 0.5) is 0 Å². The Labute approximate surface area is 139 Å². The molecule has 1 aromatic rings. The predicted octanol–water partition coefficient (Wildman–Crippen LogP) is 1.90. The number of rotatable bonds is 5. The monoisotopic (exact) mass is 337 g/mol. The van der Waals surface area contributed by atoms with Crippen molar-refractivity contribution < 1.29 is 8.42 Å². The Kier molecular flexibility index (Phi) is 5.34. The van der Waals surface area contributed by atoms with E-state index in [1.165, 1.54) is 37.6 Å². The number of hydrogen-bond donors (Lipinski definition) is 0. The van der Waals surface area contributed by atoms with Crippen LogP contribution in [0, 0.1) is 0 Å². The number of piperidine rings is 1. The van der Waals surface area contributed by atoms with Gasteiger partial charge in [-0.1, -0.05) is 0 Å². The molecule has 3 heterocycles. The van der Waals surface area contributed by atoms with Crippen LogP contribution in [0.2, 0.25) is 0 Å². The van der Waals surface area contributed by atoms with Gasteiger partial charge in [0.1, 0.15) is 0 Å². The zero-order chi connectivity index (χ0) is 16.3. The molecule has 6 heteroatoms. The molecule has 0 spiro atoms. The predicted molar refractivity (Wildman–Crippen MR) is 91.7 cm³/mol. The molecule has 0 radical (unpaired) electrons. The van der Waals surface area contributed by atoms with E-state index in [0.717, 1.165) is 19.3 Å². The maximum Gasteiger partial charge on any atom is 0.211 e. The average Bonchev–Trinajstić information content (AvgIpc) is 3.02. The highest BCUT2D eigenvalue weighted by Crippen LogP contribution is 2.29. The minimum Gasteiger partial charge on any atom is -0.297 e. The van der Waals surface area contributed by atoms with Crippen molar-refractivity contribution in [1.82, 2.24) is 14.2 Å². The van der Waals surface area contributed by atoms with E-state index in [2.05, 4.69) is 22.0 Å². The van der Waals surface area contributed by atoms with Gasteiger partial charge in [0.15, 0.2) is 0 Å². The van der Waals surface area contributed by atoms with Crippen LogP contribution in [0.5, 0.6) is 0 Å². The van der Waals surface area contributed by atoms with E-state index in [4.69, 9.17) is 0 Å². The molecule has 2 fully saturated rings. The molecule has 1 aromatic heterocycles. The third-order valence-corrected chi connectivity index (χ3v) is 6.60. The van der Waals surface area contributed by atoms with Crippen molar-refractivity contribution in [2.45, 2.75) is 50.6 Å². The Balaban J connectivity index is 1.53. The summed E-state index contributed by atoms with van der Waals surface area (Å²) in [6.45, 7) is 2.53. The molecular weight excluding hydrogens is 310 g/mol. The first-order chi connectivity index (χ1) is 11.0. The van der Waals surface area contributed by atoms with Crippen molar-refractivity contribution in [3.63, 3.8) is 0 Å². The fraction of sp³-hybridized carbons (Fsp3) is 0.706. The van der Waals surface area contributed by atoms with Crippen LogP contribution >= 0.6 is 0 Å². The second-order valence-corrected chi connectivity index (χ2v) is 8.80. The molecule has 0 saturated carbocycles. The molecule has 23 heavy (non-hydrogen) atoms. The van der Waals surface area contributed by atoms with E-state index < -0.39 is 10.0 Å². The first-order valence-electron chi connectivity index (χ1n) is 8.64. The summed E-state index contributed by atoms with van der Waals surface area (Å²) in [4.78, 5) is 6.73. The van der Waals surface area contributed by atoms with Crippen molar-refractivity contribution >= 4 is 10.0 Å². The first kappa shape index (κ1) is 16.9. The van der Waals surface area contributed by atoms with E-state index in [1.807, 2.05) is 12.4 Å². The Morgan fingerprint density at radius 1 is 1.13 bits per heavy atom. The van der Waals surface area contributed by atoms with Crippen LogP contribution in [-0.2, 0) is 16.4 Å². The van der Waals surface area contributed by atoms with Gasteiger partial charge in [-0.25, -0.2) is 12.7 Å². The molecule has 5 nitrogen and oxygen atoms in total. The van der Waals surface area contributed by atoms with Crippen molar-refractivity contribution in [2.75, 3.05) is 25.9 Å². The number of sulfonamides is 1. The Hall–Kier alpha value is -0.980. The fourth-order valence-electron chi connectivity index (χ4n) is 4.04. The van der Waals surface area contributed by atoms with Crippen molar-refractivity contribution in [3.8, 4) is 0 Å². The summed E-state index contributed by atoms with van der Waals surface area (Å²) in [5, 5.41) is 0. The molecule has 2 aliphatic rings. The van der Waals surface area contributed by atoms with Crippen molar-refractivity contribution in [3.05, 3.63) is 30.1 Å². The average molecular weight is 337 g/mol. The van der Waals surface area contributed by atoms with Gasteiger partial charge in [0.05, 0.1) is 6.26 Å². The summed E-state index contributed by atoms with van der Waals surface area (Å²) in [5.74, 6) is 0. The normalized spacial score (nSPS) is 25.0. The van der Waals surface area contributed by atoms with E-state index in [0.29, 0.717) is 25.2 Å². The van der Waals surface area contributed by atoms with E-state index >= 15 is 0 Å². The van der Waals surface area contributed by atoms with Gasteiger partial charge in [0.25, 0.3) is 0 Å². The van der Waals surface area contributed by atoms with Crippen LogP contribution in [0.15, 0.2) is 24.5 Å². The highest BCUT2D eigenvalue weighted by molar-refractivity contribution is 7.88. The first-order valence-corrected chi connectivity index (χ1v) is 10.5. The van der Waals surface area contributed by atoms with Gasteiger partial charge in [-0.15, -0.1) is 0 Å². The van der Waals surface area contributed by atoms with Gasteiger partial charge in [-0.05, 0) is 62.8 Å². The summed E-state index contributed by atoms with van der Waals surface area (Å²) < 4.78 is 24.9. The third kappa shape index (κ3) is 4.31. The maximum atomic E-state index is 11.6. The van der Waals surface area contributed by atoms with Crippen LogP contribution in [0.1, 0.15) is 37.7 Å². The lowest BCUT2D eigenvalue weighted by Crippen LogP contribution is -2.48. The van der Waals surface area contributed by atoms with Crippen LogP contribution in [-0.4, -0.2) is 60.6 Å². The number of aryl methyl sites for hydroxylation is 1. The molecule has 2 saturated heterocycles. The minimum atomic E-state index is -3.02. The number of pyridine rings is 1. The van der Waals surface area contributed by atoms with Gasteiger partial charge in [0.2, 0.25) is 10.0 Å². The van der Waals surface area contributed by atoms with E-state index in [9.17, 15) is 8.42 Å². The zero-order valence-corrected chi connectivity index (χ0v) is 14.7. The molecule has 0 bridgehead atoms. The Morgan fingerprint density at radius 3 is 2.48 bits per heavy atom. The summed E-state index contributed by atoms with van der Waals surface area (Å²) in [7, 11) is -3.02. The summed E-state index contributed by atoms with van der Waals surface area (Å²) in [6.07, 6.45) is 11.8. The van der Waals surface area contributed by atoms with Crippen molar-refractivity contribution in [1.29, 1.82) is 0 Å².